The molecule has 0 spiro atoms. The Morgan fingerprint density at radius 2 is 2.20 bits per heavy atom. The molecule has 0 saturated heterocycles. The number of benzene rings is 1. The quantitative estimate of drug-likeness (QED) is 0.790. The van der Waals surface area contributed by atoms with Gasteiger partial charge in [0, 0.05) is 11.6 Å². The first kappa shape index (κ1) is 13.9. The number of allylic oxidation sites excluding steroid dienone is 1. The lowest BCUT2D eigenvalue weighted by molar-refractivity contribution is -0.142. The molecule has 104 valence electrons. The predicted molar refractivity (Wildman–Crippen MR) is 72.3 cm³/mol. The molecule has 0 radical (unpaired) electrons. The summed E-state index contributed by atoms with van der Waals surface area (Å²) in [7, 11) is 1.30. The molecule has 0 saturated carbocycles. The summed E-state index contributed by atoms with van der Waals surface area (Å²) in [5, 5.41) is 9.18. The topological polar surface area (TPSA) is 68.6 Å². The number of esters is 1. The molecule has 1 aromatic carbocycles. The van der Waals surface area contributed by atoms with Crippen LogP contribution in [0.5, 0.6) is 11.5 Å². The molecule has 0 bridgehead atoms. The molecule has 0 unspecified atom stereocenters. The van der Waals surface area contributed by atoms with Crippen LogP contribution in [0.3, 0.4) is 0 Å². The molecule has 1 aliphatic heterocycles. The van der Waals surface area contributed by atoms with Crippen molar-refractivity contribution >= 4 is 11.5 Å². The largest absolute Gasteiger partial charge is 0.483 e. The third-order valence-electron chi connectivity index (χ3n) is 2.81. The predicted octanol–water partition coefficient (Wildman–Crippen LogP) is 2.32. The number of rotatable bonds is 3. The van der Waals surface area contributed by atoms with E-state index in [9.17, 15) is 10.1 Å². The van der Waals surface area contributed by atoms with E-state index in [1.807, 2.05) is 13.8 Å². The van der Waals surface area contributed by atoms with E-state index in [4.69, 9.17) is 9.47 Å². The lowest BCUT2D eigenvalue weighted by Gasteiger charge is -2.29. The number of fused-ring (bicyclic) bond motifs is 1. The molecule has 5 heteroatoms. The van der Waals surface area contributed by atoms with E-state index in [-0.39, 0.29) is 6.61 Å². The van der Waals surface area contributed by atoms with Crippen LogP contribution in [0.4, 0.5) is 0 Å². The first-order valence-corrected chi connectivity index (χ1v) is 6.11. The number of hydrogen-bond donors (Lipinski definition) is 0. The zero-order valence-corrected chi connectivity index (χ0v) is 11.6. The fourth-order valence-electron chi connectivity index (χ4n) is 1.93. The molecule has 1 aliphatic rings. The summed E-state index contributed by atoms with van der Waals surface area (Å²) in [6.07, 6.45) is 1.78. The van der Waals surface area contributed by atoms with Crippen molar-refractivity contribution < 1.29 is 19.0 Å². The summed E-state index contributed by atoms with van der Waals surface area (Å²) in [5.41, 5.74) is 0.729. The summed E-state index contributed by atoms with van der Waals surface area (Å²) in [6, 6.07) is 7.26. The maximum Gasteiger partial charge on any atom is 0.343 e. The highest BCUT2D eigenvalue weighted by molar-refractivity contribution is 5.82. The van der Waals surface area contributed by atoms with Crippen LogP contribution in [-0.2, 0) is 9.53 Å². The molecule has 0 atom stereocenters. The third kappa shape index (κ3) is 2.91. The Bertz CT molecular complexity index is 611. The van der Waals surface area contributed by atoms with Crippen LogP contribution in [0.25, 0.3) is 5.57 Å². The lowest BCUT2D eigenvalue weighted by Crippen LogP contribution is -2.28. The van der Waals surface area contributed by atoms with Gasteiger partial charge in [0.1, 0.15) is 17.1 Å². The third-order valence-corrected chi connectivity index (χ3v) is 2.81. The number of methoxy groups -OCH3 is 1. The van der Waals surface area contributed by atoms with E-state index in [2.05, 4.69) is 10.8 Å². The van der Waals surface area contributed by atoms with Gasteiger partial charge in [-0.05, 0) is 32.1 Å². The fraction of sp³-hybridized carbons (Fsp3) is 0.333. The van der Waals surface area contributed by atoms with Crippen molar-refractivity contribution in [3.63, 3.8) is 0 Å². The van der Waals surface area contributed by atoms with Crippen molar-refractivity contribution in [3.05, 3.63) is 29.8 Å². The molecule has 0 N–H and O–H groups in total. The van der Waals surface area contributed by atoms with E-state index in [1.165, 1.54) is 7.11 Å². The molecular formula is C15H15NO4. The molecule has 1 heterocycles. The summed E-state index contributed by atoms with van der Waals surface area (Å²) < 4.78 is 15.6. The monoisotopic (exact) mass is 273 g/mol. The minimum absolute atomic E-state index is 0.167. The average molecular weight is 273 g/mol. The zero-order chi connectivity index (χ0) is 14.8. The van der Waals surface area contributed by atoms with Gasteiger partial charge in [-0.15, -0.1) is 0 Å². The van der Waals surface area contributed by atoms with Crippen LogP contribution in [0.1, 0.15) is 19.4 Å². The van der Waals surface area contributed by atoms with Crippen LogP contribution in [0.2, 0.25) is 0 Å². The van der Waals surface area contributed by atoms with Crippen LogP contribution in [-0.4, -0.2) is 25.3 Å². The van der Waals surface area contributed by atoms with Gasteiger partial charge in [0.05, 0.1) is 18.8 Å². The summed E-state index contributed by atoms with van der Waals surface area (Å²) in [4.78, 5) is 11.0. The van der Waals surface area contributed by atoms with Crippen molar-refractivity contribution in [2.75, 3.05) is 13.7 Å². The van der Waals surface area contributed by atoms with Crippen LogP contribution in [0, 0.1) is 11.3 Å². The normalized spacial score (nSPS) is 15.2. The minimum atomic E-state index is -0.557. The average Bonchev–Trinajstić information content (AvgIpc) is 2.42. The van der Waals surface area contributed by atoms with Crippen molar-refractivity contribution in [1.29, 1.82) is 5.26 Å². The van der Waals surface area contributed by atoms with Gasteiger partial charge in [-0.25, -0.2) is 4.79 Å². The second-order valence-corrected chi connectivity index (χ2v) is 4.90. The van der Waals surface area contributed by atoms with Crippen molar-refractivity contribution in [1.82, 2.24) is 0 Å². The Kier molecular flexibility index (Phi) is 3.66. The van der Waals surface area contributed by atoms with Gasteiger partial charge < -0.3 is 14.2 Å². The van der Waals surface area contributed by atoms with Gasteiger partial charge >= 0.3 is 5.97 Å². The number of nitriles is 1. The first-order chi connectivity index (χ1) is 9.45. The molecule has 1 aromatic rings. The van der Waals surface area contributed by atoms with Crippen molar-refractivity contribution in [2.45, 2.75) is 19.4 Å². The molecule has 2 rings (SSSR count). The second-order valence-electron chi connectivity index (χ2n) is 4.90. The Morgan fingerprint density at radius 1 is 1.45 bits per heavy atom. The highest BCUT2D eigenvalue weighted by Crippen LogP contribution is 2.37. The standard InChI is InChI=1S/C15H15NO4/c1-15(2)7-10(8-16)12-5-4-11(6-13(12)20-15)19-9-14(17)18-3/h4-7H,9H2,1-3H3. The SMILES string of the molecule is COC(=O)COc1ccc2c(c1)OC(C)(C)C=C2C#N. The molecule has 0 aliphatic carbocycles. The first-order valence-electron chi connectivity index (χ1n) is 6.11. The van der Waals surface area contributed by atoms with Gasteiger partial charge in [-0.3, -0.25) is 0 Å². The Labute approximate surface area is 117 Å². The van der Waals surface area contributed by atoms with Gasteiger partial charge in [0.15, 0.2) is 6.61 Å². The minimum Gasteiger partial charge on any atom is -0.483 e. The summed E-state index contributed by atoms with van der Waals surface area (Å²) >= 11 is 0. The summed E-state index contributed by atoms with van der Waals surface area (Å²) in [5.74, 6) is 0.599. The van der Waals surface area contributed by atoms with Gasteiger partial charge in [0.25, 0.3) is 0 Å². The Balaban J connectivity index is 2.27. The number of ether oxygens (including phenoxy) is 3. The van der Waals surface area contributed by atoms with Gasteiger partial charge in [-0.1, -0.05) is 0 Å². The number of nitrogens with zero attached hydrogens (tertiary/aromatic N) is 1. The molecule has 5 nitrogen and oxygen atoms in total. The number of carbonyl (C=O) groups excluding carboxylic acids is 1. The van der Waals surface area contributed by atoms with Crippen LogP contribution in [0.15, 0.2) is 24.3 Å². The number of carbonyl (C=O) groups is 1. The second kappa shape index (κ2) is 5.25. The Hall–Kier alpha value is -2.48. The highest BCUT2D eigenvalue weighted by atomic mass is 16.6. The van der Waals surface area contributed by atoms with Crippen LogP contribution < -0.4 is 9.47 Å². The molecule has 0 amide bonds. The highest BCUT2D eigenvalue weighted by Gasteiger charge is 2.26. The van der Waals surface area contributed by atoms with Gasteiger partial charge in [-0.2, -0.15) is 5.26 Å². The van der Waals surface area contributed by atoms with Crippen LogP contribution >= 0.6 is 0 Å². The van der Waals surface area contributed by atoms with Gasteiger partial charge in [0.2, 0.25) is 0 Å². The lowest BCUT2D eigenvalue weighted by atomic mass is 9.95. The molecule has 20 heavy (non-hydrogen) atoms. The summed E-state index contributed by atoms with van der Waals surface area (Å²) in [6.45, 7) is 3.57. The Morgan fingerprint density at radius 3 is 2.85 bits per heavy atom. The number of hydrogen-bond acceptors (Lipinski definition) is 5. The molecule has 0 aromatic heterocycles. The van der Waals surface area contributed by atoms with E-state index in [0.29, 0.717) is 17.1 Å². The van der Waals surface area contributed by atoms with E-state index in [1.54, 1.807) is 24.3 Å². The van der Waals surface area contributed by atoms with Crippen molar-refractivity contribution in [3.8, 4) is 17.6 Å². The zero-order valence-electron chi connectivity index (χ0n) is 11.6. The fourth-order valence-corrected chi connectivity index (χ4v) is 1.93. The molecule has 0 fully saturated rings. The molecular weight excluding hydrogens is 258 g/mol. The maximum atomic E-state index is 11.0. The van der Waals surface area contributed by atoms with E-state index < -0.39 is 11.6 Å². The van der Waals surface area contributed by atoms with E-state index >= 15 is 0 Å². The maximum absolute atomic E-state index is 11.0. The van der Waals surface area contributed by atoms with Crippen molar-refractivity contribution in [2.24, 2.45) is 0 Å². The smallest absolute Gasteiger partial charge is 0.343 e. The van der Waals surface area contributed by atoms with E-state index in [0.717, 1.165) is 5.56 Å².